The van der Waals surface area contributed by atoms with E-state index in [1.807, 2.05) is 4.90 Å². The molecule has 0 radical (unpaired) electrons. The molecular weight excluding hydrogens is 273 g/mol. The van der Waals surface area contributed by atoms with Crippen LogP contribution in [0.25, 0.3) is 0 Å². The number of benzene rings is 1. The second-order valence-electron chi connectivity index (χ2n) is 5.79. The van der Waals surface area contributed by atoms with Crippen molar-refractivity contribution in [3.05, 3.63) is 35.6 Å². The van der Waals surface area contributed by atoms with Gasteiger partial charge >= 0.3 is 6.03 Å². The van der Waals surface area contributed by atoms with Crippen molar-refractivity contribution in [1.29, 1.82) is 0 Å². The Morgan fingerprint density at radius 1 is 1.24 bits per heavy atom. The van der Waals surface area contributed by atoms with Gasteiger partial charge in [0.15, 0.2) is 0 Å². The predicted molar refractivity (Wildman–Crippen MR) is 76.4 cm³/mol. The lowest BCUT2D eigenvalue weighted by Gasteiger charge is -2.44. The molecule has 0 unspecified atom stereocenters. The summed E-state index contributed by atoms with van der Waals surface area (Å²) in [4.78, 5) is 16.3. The van der Waals surface area contributed by atoms with Gasteiger partial charge in [0.25, 0.3) is 0 Å². The van der Waals surface area contributed by atoms with E-state index in [2.05, 4.69) is 17.3 Å². The third kappa shape index (κ3) is 3.51. The van der Waals surface area contributed by atoms with Crippen molar-refractivity contribution in [2.45, 2.75) is 18.8 Å². The van der Waals surface area contributed by atoms with Gasteiger partial charge in [-0.05, 0) is 24.7 Å². The van der Waals surface area contributed by atoms with Crippen LogP contribution in [0, 0.1) is 5.82 Å². The summed E-state index contributed by atoms with van der Waals surface area (Å²) >= 11 is 0. The van der Waals surface area contributed by atoms with E-state index in [-0.39, 0.29) is 24.1 Å². The Morgan fingerprint density at radius 2 is 1.86 bits per heavy atom. The van der Waals surface area contributed by atoms with Crippen LogP contribution in [0.2, 0.25) is 0 Å². The second-order valence-corrected chi connectivity index (χ2v) is 5.79. The highest BCUT2D eigenvalue weighted by atomic mass is 19.1. The molecule has 21 heavy (non-hydrogen) atoms. The monoisotopic (exact) mass is 293 g/mol. The smallest absolute Gasteiger partial charge is 0.317 e. The van der Waals surface area contributed by atoms with E-state index in [0.29, 0.717) is 19.6 Å². The van der Waals surface area contributed by atoms with E-state index >= 15 is 0 Å². The molecule has 1 aromatic carbocycles. The molecule has 0 aliphatic carbocycles. The first kappa shape index (κ1) is 14.3. The van der Waals surface area contributed by atoms with Crippen LogP contribution < -0.4 is 5.32 Å². The molecule has 2 amide bonds. The van der Waals surface area contributed by atoms with Gasteiger partial charge in [-0.2, -0.15) is 0 Å². The van der Waals surface area contributed by atoms with Gasteiger partial charge in [0.05, 0.1) is 12.2 Å². The fourth-order valence-corrected chi connectivity index (χ4v) is 2.95. The maximum atomic E-state index is 12.8. The maximum Gasteiger partial charge on any atom is 0.317 e. The zero-order chi connectivity index (χ0) is 14.8. The van der Waals surface area contributed by atoms with Crippen LogP contribution >= 0.6 is 0 Å². The molecule has 1 aromatic rings. The first-order valence-electron chi connectivity index (χ1n) is 7.21. The zero-order valence-corrected chi connectivity index (χ0v) is 12.1. The van der Waals surface area contributed by atoms with Gasteiger partial charge in [-0.3, -0.25) is 0 Å². The van der Waals surface area contributed by atoms with Crippen molar-refractivity contribution in [3.63, 3.8) is 0 Å². The number of likely N-dealkylation sites (N-methyl/N-ethyl adjacent to an activating group) is 1. The van der Waals surface area contributed by atoms with Crippen molar-refractivity contribution in [2.75, 3.05) is 33.2 Å². The third-order valence-electron chi connectivity index (χ3n) is 3.91. The topological polar surface area (TPSA) is 44.8 Å². The molecule has 2 bridgehead atoms. The number of halogens is 1. The number of carbonyl (C=O) groups is 1. The van der Waals surface area contributed by atoms with Gasteiger partial charge in [0.2, 0.25) is 0 Å². The number of urea groups is 1. The predicted octanol–water partition coefficient (Wildman–Crippen LogP) is 1.05. The molecule has 0 saturated carbocycles. The van der Waals surface area contributed by atoms with E-state index < -0.39 is 0 Å². The fraction of sp³-hybridized carbons (Fsp3) is 0.533. The van der Waals surface area contributed by atoms with E-state index in [9.17, 15) is 9.18 Å². The van der Waals surface area contributed by atoms with Crippen molar-refractivity contribution in [3.8, 4) is 0 Å². The van der Waals surface area contributed by atoms with Crippen LogP contribution in [0.1, 0.15) is 5.56 Å². The normalized spacial score (nSPS) is 25.7. The summed E-state index contributed by atoms with van der Waals surface area (Å²) in [5.74, 6) is -0.268. The summed E-state index contributed by atoms with van der Waals surface area (Å²) in [5.41, 5.74) is 0.887. The number of ether oxygens (including phenoxy) is 1. The highest BCUT2D eigenvalue weighted by Crippen LogP contribution is 2.18. The standard InChI is InChI=1S/C15H20FN3O2/c1-18-7-13-9-19(10-14(8-18)21-13)15(20)17-6-11-2-4-12(16)5-3-11/h2-5,13-14H,6-10H2,1H3,(H,17,20)/t13-,14+. The quantitative estimate of drug-likeness (QED) is 0.886. The Bertz CT molecular complexity index is 490. The number of hydrogen-bond acceptors (Lipinski definition) is 3. The minimum Gasteiger partial charge on any atom is -0.369 e. The number of morpholine rings is 2. The Morgan fingerprint density at radius 3 is 2.48 bits per heavy atom. The lowest BCUT2D eigenvalue weighted by Crippen LogP contribution is -2.61. The van der Waals surface area contributed by atoms with Gasteiger partial charge in [0.1, 0.15) is 5.82 Å². The molecule has 2 saturated heterocycles. The van der Waals surface area contributed by atoms with E-state index in [1.165, 1.54) is 12.1 Å². The Labute approximate surface area is 123 Å². The molecular formula is C15H20FN3O2. The summed E-state index contributed by atoms with van der Waals surface area (Å²) in [5, 5.41) is 2.88. The number of amides is 2. The van der Waals surface area contributed by atoms with Crippen LogP contribution in [0.4, 0.5) is 9.18 Å². The Balaban J connectivity index is 1.53. The molecule has 2 atom stereocenters. The fourth-order valence-electron chi connectivity index (χ4n) is 2.95. The number of carbonyl (C=O) groups excluding carboxylic acids is 1. The number of nitrogens with one attached hydrogen (secondary N) is 1. The molecule has 2 heterocycles. The molecule has 2 fully saturated rings. The zero-order valence-electron chi connectivity index (χ0n) is 12.1. The molecule has 1 N–H and O–H groups in total. The van der Waals surface area contributed by atoms with E-state index in [1.54, 1.807) is 12.1 Å². The minimum absolute atomic E-state index is 0.0813. The highest BCUT2D eigenvalue weighted by molar-refractivity contribution is 5.74. The van der Waals surface area contributed by atoms with Gasteiger partial charge in [-0.1, -0.05) is 12.1 Å². The number of fused-ring (bicyclic) bond motifs is 2. The van der Waals surface area contributed by atoms with Gasteiger partial charge in [-0.15, -0.1) is 0 Å². The summed E-state index contributed by atoms with van der Waals surface area (Å²) in [6.45, 7) is 3.37. The molecule has 2 aliphatic rings. The highest BCUT2D eigenvalue weighted by Gasteiger charge is 2.35. The average molecular weight is 293 g/mol. The minimum atomic E-state index is -0.268. The van der Waals surface area contributed by atoms with Crippen molar-refractivity contribution >= 4 is 6.03 Å². The van der Waals surface area contributed by atoms with Crippen LogP contribution in [0.3, 0.4) is 0 Å². The van der Waals surface area contributed by atoms with Crippen molar-refractivity contribution in [1.82, 2.24) is 15.1 Å². The van der Waals surface area contributed by atoms with Gasteiger partial charge in [-0.25, -0.2) is 9.18 Å². The summed E-state index contributed by atoms with van der Waals surface area (Å²) in [6.07, 6.45) is 0.193. The Hall–Kier alpha value is -1.66. The molecule has 3 rings (SSSR count). The molecule has 114 valence electrons. The van der Waals surface area contributed by atoms with Crippen LogP contribution in [-0.2, 0) is 11.3 Å². The molecule has 6 heteroatoms. The summed E-state index contributed by atoms with van der Waals surface area (Å²) in [7, 11) is 2.08. The number of nitrogens with zero attached hydrogens (tertiary/aromatic N) is 2. The van der Waals surface area contributed by atoms with Gasteiger partial charge < -0.3 is 19.9 Å². The molecule has 5 nitrogen and oxygen atoms in total. The second kappa shape index (κ2) is 5.99. The Kier molecular flexibility index (Phi) is 4.07. The average Bonchev–Trinajstić information content (AvgIpc) is 2.45. The van der Waals surface area contributed by atoms with E-state index in [4.69, 9.17) is 4.74 Å². The summed E-state index contributed by atoms with van der Waals surface area (Å²) in [6, 6.07) is 6.08. The first-order chi connectivity index (χ1) is 10.1. The van der Waals surface area contributed by atoms with Gasteiger partial charge in [0, 0.05) is 32.7 Å². The van der Waals surface area contributed by atoms with Crippen molar-refractivity contribution < 1.29 is 13.9 Å². The SMILES string of the molecule is CN1C[C@@H]2CN(C(=O)NCc3ccc(F)cc3)C[C@H](C1)O2. The van der Waals surface area contributed by atoms with Crippen LogP contribution in [-0.4, -0.2) is 61.3 Å². The maximum absolute atomic E-state index is 12.8. The summed E-state index contributed by atoms with van der Waals surface area (Å²) < 4.78 is 18.7. The number of rotatable bonds is 2. The van der Waals surface area contributed by atoms with E-state index in [0.717, 1.165) is 18.7 Å². The molecule has 0 spiro atoms. The van der Waals surface area contributed by atoms with Crippen molar-refractivity contribution in [2.24, 2.45) is 0 Å². The third-order valence-corrected chi connectivity index (χ3v) is 3.91. The van der Waals surface area contributed by atoms with Crippen LogP contribution in [0.15, 0.2) is 24.3 Å². The number of hydrogen-bond donors (Lipinski definition) is 1. The van der Waals surface area contributed by atoms with Crippen LogP contribution in [0.5, 0.6) is 0 Å². The molecule has 0 aromatic heterocycles. The first-order valence-corrected chi connectivity index (χ1v) is 7.21. The lowest BCUT2D eigenvalue weighted by atomic mass is 10.1. The largest absolute Gasteiger partial charge is 0.369 e. The molecule has 2 aliphatic heterocycles. The lowest BCUT2D eigenvalue weighted by molar-refractivity contribution is -0.123.